The minimum absolute atomic E-state index is 0.369. The van der Waals surface area contributed by atoms with Gasteiger partial charge in [0.15, 0.2) is 5.34 Å². The summed E-state index contributed by atoms with van der Waals surface area (Å²) < 4.78 is 52.8. The van der Waals surface area contributed by atoms with Crippen molar-refractivity contribution >= 4 is 16.0 Å². The molecule has 52 heavy (non-hydrogen) atoms. The maximum Gasteiger partial charge on any atom is 0.473 e. The molecule has 0 aromatic heterocycles. The molecule has 266 valence electrons. The molecule has 0 bridgehead atoms. The second-order valence-corrected chi connectivity index (χ2v) is 16.9. The fourth-order valence-corrected chi connectivity index (χ4v) is 8.29. The molecular weight excluding hydrogens is 690 g/mol. The average molecular weight is 733 g/mol. The number of hydrogen-bond donors (Lipinski definition) is 0. The van der Waals surface area contributed by atoms with Gasteiger partial charge in [-0.25, -0.2) is 4.57 Å². The normalized spacial score (nSPS) is 13.6. The number of para-hydroxylation sites is 4. The van der Waals surface area contributed by atoms with Crippen LogP contribution in [0.2, 0.25) is 0 Å². The van der Waals surface area contributed by atoms with Crippen LogP contribution in [0.4, 0.5) is 0 Å². The SMILES string of the molecule is CCC(C)(Oc1ccccc1)P(=O)(Oc1ccccc1)Oc1ccc(-c2ccc(OC(C)(C)P(Oc3ccccc3)Oc3ccccc3)cc2)cc1. The van der Waals surface area contributed by atoms with Gasteiger partial charge in [-0.05, 0) is 111 Å². The average Bonchev–Trinajstić information content (AvgIpc) is 3.16. The topological polar surface area (TPSA) is 72.5 Å². The van der Waals surface area contributed by atoms with Crippen molar-refractivity contribution in [1.29, 1.82) is 0 Å². The highest BCUT2D eigenvalue weighted by Crippen LogP contribution is 2.61. The lowest BCUT2D eigenvalue weighted by Gasteiger charge is -2.35. The Bertz CT molecular complexity index is 1990. The Labute approximate surface area is 307 Å². The van der Waals surface area contributed by atoms with Gasteiger partial charge in [0, 0.05) is 0 Å². The van der Waals surface area contributed by atoms with Gasteiger partial charge in [-0.1, -0.05) is 104 Å². The molecule has 0 spiro atoms. The molecule has 0 heterocycles. The van der Waals surface area contributed by atoms with E-state index in [2.05, 4.69) is 0 Å². The molecule has 2 atom stereocenters. The molecule has 0 aliphatic heterocycles. The Hall–Kier alpha value is -5.22. The van der Waals surface area contributed by atoms with E-state index in [0.29, 0.717) is 40.9 Å². The first-order chi connectivity index (χ1) is 25.1. The molecule has 6 rings (SSSR count). The third kappa shape index (κ3) is 9.16. The van der Waals surface area contributed by atoms with Crippen molar-refractivity contribution in [3.63, 3.8) is 0 Å². The van der Waals surface area contributed by atoms with E-state index in [9.17, 15) is 4.57 Å². The lowest BCUT2D eigenvalue weighted by atomic mass is 10.1. The zero-order valence-electron chi connectivity index (χ0n) is 29.6. The van der Waals surface area contributed by atoms with Crippen LogP contribution in [0, 0.1) is 0 Å². The maximum absolute atomic E-state index is 14.8. The van der Waals surface area contributed by atoms with E-state index in [1.165, 1.54) is 0 Å². The summed E-state index contributed by atoms with van der Waals surface area (Å²) in [6.07, 6.45) is 0.369. The molecule has 0 saturated carbocycles. The van der Waals surface area contributed by atoms with Crippen LogP contribution < -0.4 is 27.6 Å². The van der Waals surface area contributed by atoms with Gasteiger partial charge in [0.25, 0.3) is 0 Å². The Balaban J connectivity index is 1.18. The van der Waals surface area contributed by atoms with Crippen LogP contribution in [0.25, 0.3) is 11.1 Å². The van der Waals surface area contributed by atoms with Gasteiger partial charge in [-0.2, -0.15) is 0 Å². The molecule has 2 unspecified atom stereocenters. The first kappa shape index (κ1) is 36.6. The van der Waals surface area contributed by atoms with E-state index >= 15 is 0 Å². The number of rotatable bonds is 16. The molecule has 6 aromatic rings. The summed E-state index contributed by atoms with van der Waals surface area (Å²) in [6, 6.07) is 52.8. The molecule has 0 aliphatic rings. The van der Waals surface area contributed by atoms with Gasteiger partial charge >= 0.3 is 16.0 Å². The summed E-state index contributed by atoms with van der Waals surface area (Å²) in [4.78, 5) is 0. The number of ether oxygens (including phenoxy) is 2. The van der Waals surface area contributed by atoms with Crippen molar-refractivity contribution < 1.29 is 32.1 Å². The number of benzene rings is 6. The Kier molecular flexibility index (Phi) is 11.5. The summed E-state index contributed by atoms with van der Waals surface area (Å²) >= 11 is 0. The molecule has 0 aliphatic carbocycles. The second kappa shape index (κ2) is 16.4. The second-order valence-electron chi connectivity index (χ2n) is 12.6. The van der Waals surface area contributed by atoms with E-state index in [1.807, 2.05) is 166 Å². The lowest BCUT2D eigenvalue weighted by Crippen LogP contribution is -2.35. The highest BCUT2D eigenvalue weighted by molar-refractivity contribution is 7.56. The van der Waals surface area contributed by atoms with Crippen molar-refractivity contribution in [2.24, 2.45) is 0 Å². The number of hydrogen-bond acceptors (Lipinski definition) is 7. The van der Waals surface area contributed by atoms with Crippen LogP contribution in [0.5, 0.6) is 34.5 Å². The highest BCUT2D eigenvalue weighted by Gasteiger charge is 2.52. The standard InChI is InChI=1S/C43H42O7P2/c1-5-43(4,46-36-18-10-6-11-19-36)52(44,49-40-24-16-9-17-25-40)50-41-32-28-35(29-33-41)34-26-30-37(31-27-34)45-42(2,3)51(47-38-20-12-7-13-21-38)48-39-22-14-8-15-23-39/h6-33H,5H2,1-4H3. The molecule has 7 nitrogen and oxygen atoms in total. The van der Waals surface area contributed by atoms with E-state index < -0.39 is 26.7 Å². The Morgan fingerprint density at radius 2 is 0.808 bits per heavy atom. The van der Waals surface area contributed by atoms with Crippen LogP contribution in [0.15, 0.2) is 170 Å². The summed E-state index contributed by atoms with van der Waals surface area (Å²) in [5.74, 6) is 3.47. The fourth-order valence-electron chi connectivity index (χ4n) is 5.18. The van der Waals surface area contributed by atoms with Crippen molar-refractivity contribution in [3.8, 4) is 45.6 Å². The van der Waals surface area contributed by atoms with Crippen molar-refractivity contribution in [2.75, 3.05) is 0 Å². The Morgan fingerprint density at radius 3 is 1.23 bits per heavy atom. The summed E-state index contributed by atoms with van der Waals surface area (Å²) in [5.41, 5.74) is 1.91. The van der Waals surface area contributed by atoms with Crippen LogP contribution in [0.3, 0.4) is 0 Å². The summed E-state index contributed by atoms with van der Waals surface area (Å²) in [6.45, 7) is 7.59. The fraction of sp³-hybridized carbons (Fsp3) is 0.163. The first-order valence-corrected chi connectivity index (χ1v) is 19.8. The highest BCUT2D eigenvalue weighted by atomic mass is 31.2. The quantitative estimate of drug-likeness (QED) is 0.0917. The van der Waals surface area contributed by atoms with Gasteiger partial charge in [0.2, 0.25) is 5.34 Å². The molecule has 0 N–H and O–H groups in total. The zero-order chi connectivity index (χ0) is 36.4. The van der Waals surface area contributed by atoms with Gasteiger partial charge in [-0.15, -0.1) is 0 Å². The molecule has 0 radical (unpaired) electrons. The third-order valence-electron chi connectivity index (χ3n) is 8.22. The summed E-state index contributed by atoms with van der Waals surface area (Å²) in [5, 5.41) is -2.10. The maximum atomic E-state index is 14.8. The van der Waals surface area contributed by atoms with E-state index in [-0.39, 0.29) is 0 Å². The Morgan fingerprint density at radius 1 is 0.462 bits per heavy atom. The van der Waals surface area contributed by atoms with Crippen molar-refractivity contribution in [1.82, 2.24) is 0 Å². The summed E-state index contributed by atoms with van der Waals surface area (Å²) in [7, 11) is -5.54. The lowest BCUT2D eigenvalue weighted by molar-refractivity contribution is 0.135. The van der Waals surface area contributed by atoms with Gasteiger partial charge in [0.05, 0.1) is 0 Å². The van der Waals surface area contributed by atoms with Crippen molar-refractivity contribution in [3.05, 3.63) is 170 Å². The van der Waals surface area contributed by atoms with Crippen LogP contribution in [-0.4, -0.2) is 10.7 Å². The van der Waals surface area contributed by atoms with Crippen LogP contribution in [0.1, 0.15) is 34.1 Å². The van der Waals surface area contributed by atoms with Crippen LogP contribution >= 0.6 is 16.0 Å². The molecular formula is C43H42O7P2. The van der Waals surface area contributed by atoms with E-state index in [4.69, 9.17) is 27.6 Å². The largest absolute Gasteiger partial charge is 0.476 e. The van der Waals surface area contributed by atoms with E-state index in [0.717, 1.165) is 11.1 Å². The predicted octanol–water partition coefficient (Wildman–Crippen LogP) is 12.8. The molecule has 6 aromatic carbocycles. The first-order valence-electron chi connectivity index (χ1n) is 17.1. The zero-order valence-corrected chi connectivity index (χ0v) is 31.4. The minimum Gasteiger partial charge on any atom is -0.476 e. The molecule has 0 fully saturated rings. The molecule has 0 saturated heterocycles. The van der Waals surface area contributed by atoms with Gasteiger partial charge in [0.1, 0.15) is 34.5 Å². The molecule has 9 heteroatoms. The van der Waals surface area contributed by atoms with E-state index in [1.54, 1.807) is 31.2 Å². The minimum atomic E-state index is -3.98. The van der Waals surface area contributed by atoms with Gasteiger partial charge < -0.3 is 27.6 Å². The van der Waals surface area contributed by atoms with Crippen LogP contribution in [-0.2, 0) is 4.57 Å². The monoisotopic (exact) mass is 732 g/mol. The third-order valence-corrected chi connectivity index (χ3v) is 12.4. The van der Waals surface area contributed by atoms with Gasteiger partial charge in [-0.3, -0.25) is 0 Å². The van der Waals surface area contributed by atoms with Crippen molar-refractivity contribution in [2.45, 2.75) is 44.8 Å². The predicted molar refractivity (Wildman–Crippen MR) is 209 cm³/mol. The smallest absolute Gasteiger partial charge is 0.473 e. The molecule has 0 amide bonds.